The van der Waals surface area contributed by atoms with Crippen LogP contribution in [0.25, 0.3) is 0 Å². The standard InChI is InChI=1S/C15H30N2O2S/c1-7-8-9-11(10-20)13(18)16-12(15(2,3)4)14(19)17(5)6/h11-12,20H,7-10H2,1-6H3,(H,16,18)/t11-,12-/m1/s1. The lowest BCUT2D eigenvalue weighted by atomic mass is 9.85. The van der Waals surface area contributed by atoms with E-state index in [2.05, 4.69) is 24.9 Å². The predicted octanol–water partition coefficient (Wildman–Crippen LogP) is 2.34. The van der Waals surface area contributed by atoms with Crippen LogP contribution in [0.4, 0.5) is 0 Å². The quantitative estimate of drug-likeness (QED) is 0.709. The van der Waals surface area contributed by atoms with Crippen molar-refractivity contribution >= 4 is 24.4 Å². The number of rotatable bonds is 7. The van der Waals surface area contributed by atoms with Crippen LogP contribution in [0.15, 0.2) is 0 Å². The van der Waals surface area contributed by atoms with E-state index in [-0.39, 0.29) is 23.1 Å². The zero-order chi connectivity index (χ0) is 15.9. The molecule has 2 amide bonds. The molecule has 4 nitrogen and oxygen atoms in total. The number of carbonyl (C=O) groups excluding carboxylic acids is 2. The van der Waals surface area contributed by atoms with Gasteiger partial charge in [0.1, 0.15) is 6.04 Å². The highest BCUT2D eigenvalue weighted by Gasteiger charge is 2.34. The molecule has 0 unspecified atom stereocenters. The summed E-state index contributed by atoms with van der Waals surface area (Å²) in [7, 11) is 3.42. The van der Waals surface area contributed by atoms with E-state index in [0.29, 0.717) is 5.75 Å². The Kier molecular flexibility index (Phi) is 8.25. The van der Waals surface area contributed by atoms with Crippen molar-refractivity contribution in [3.8, 4) is 0 Å². The summed E-state index contributed by atoms with van der Waals surface area (Å²) in [6.45, 7) is 7.98. The van der Waals surface area contributed by atoms with E-state index in [9.17, 15) is 9.59 Å². The summed E-state index contributed by atoms with van der Waals surface area (Å²) >= 11 is 4.26. The fourth-order valence-corrected chi connectivity index (χ4v) is 2.27. The molecule has 0 saturated carbocycles. The normalized spacial score (nSPS) is 14.6. The first kappa shape index (κ1) is 19.3. The van der Waals surface area contributed by atoms with E-state index in [0.717, 1.165) is 19.3 Å². The number of hydrogen-bond donors (Lipinski definition) is 2. The Morgan fingerprint density at radius 2 is 1.80 bits per heavy atom. The second-order valence-electron chi connectivity index (χ2n) is 6.56. The molecule has 0 heterocycles. The van der Waals surface area contributed by atoms with Gasteiger partial charge < -0.3 is 10.2 Å². The van der Waals surface area contributed by atoms with Crippen LogP contribution in [-0.2, 0) is 9.59 Å². The summed E-state index contributed by atoms with van der Waals surface area (Å²) in [6, 6.07) is -0.506. The van der Waals surface area contributed by atoms with Gasteiger partial charge in [0.2, 0.25) is 11.8 Å². The summed E-state index contributed by atoms with van der Waals surface area (Å²) in [5, 5.41) is 2.92. The number of carbonyl (C=O) groups is 2. The smallest absolute Gasteiger partial charge is 0.245 e. The Bertz CT molecular complexity index is 324. The lowest BCUT2D eigenvalue weighted by Crippen LogP contribution is -2.54. The second-order valence-corrected chi connectivity index (χ2v) is 6.93. The number of likely N-dealkylation sites (N-methyl/N-ethyl adjacent to an activating group) is 1. The molecule has 0 rings (SSSR count). The molecule has 1 N–H and O–H groups in total. The zero-order valence-electron chi connectivity index (χ0n) is 13.7. The first-order valence-corrected chi connectivity index (χ1v) is 7.90. The van der Waals surface area contributed by atoms with Gasteiger partial charge in [-0.25, -0.2) is 0 Å². The lowest BCUT2D eigenvalue weighted by Gasteiger charge is -2.33. The number of nitrogens with zero attached hydrogens (tertiary/aromatic N) is 1. The van der Waals surface area contributed by atoms with Crippen molar-refractivity contribution in [3.05, 3.63) is 0 Å². The Balaban J connectivity index is 4.89. The molecule has 0 bridgehead atoms. The third-order valence-electron chi connectivity index (χ3n) is 3.34. The third-order valence-corrected chi connectivity index (χ3v) is 3.78. The number of amides is 2. The van der Waals surface area contributed by atoms with Crippen molar-refractivity contribution in [2.75, 3.05) is 19.8 Å². The minimum Gasteiger partial charge on any atom is -0.347 e. The Morgan fingerprint density at radius 3 is 2.15 bits per heavy atom. The average molecular weight is 302 g/mol. The molecule has 0 aliphatic rings. The van der Waals surface area contributed by atoms with E-state index in [4.69, 9.17) is 0 Å². The van der Waals surface area contributed by atoms with Crippen molar-refractivity contribution in [2.24, 2.45) is 11.3 Å². The largest absolute Gasteiger partial charge is 0.347 e. The van der Waals surface area contributed by atoms with Crippen LogP contribution in [0.3, 0.4) is 0 Å². The molecule has 118 valence electrons. The highest BCUT2D eigenvalue weighted by molar-refractivity contribution is 7.80. The van der Waals surface area contributed by atoms with Crippen molar-refractivity contribution in [1.82, 2.24) is 10.2 Å². The first-order valence-electron chi connectivity index (χ1n) is 7.27. The molecule has 0 saturated heterocycles. The molecule has 0 radical (unpaired) electrons. The summed E-state index contributed by atoms with van der Waals surface area (Å²) < 4.78 is 0. The maximum Gasteiger partial charge on any atom is 0.245 e. The first-order chi connectivity index (χ1) is 9.15. The van der Waals surface area contributed by atoms with E-state index < -0.39 is 6.04 Å². The Morgan fingerprint density at radius 1 is 1.25 bits per heavy atom. The molecule has 2 atom stereocenters. The number of hydrogen-bond acceptors (Lipinski definition) is 3. The predicted molar refractivity (Wildman–Crippen MR) is 86.9 cm³/mol. The van der Waals surface area contributed by atoms with Crippen LogP contribution in [0, 0.1) is 11.3 Å². The van der Waals surface area contributed by atoms with Crippen molar-refractivity contribution in [1.29, 1.82) is 0 Å². The maximum absolute atomic E-state index is 12.3. The SMILES string of the molecule is CCCC[C@H](CS)C(=O)N[C@H](C(=O)N(C)C)C(C)(C)C. The monoisotopic (exact) mass is 302 g/mol. The van der Waals surface area contributed by atoms with Crippen LogP contribution in [0.5, 0.6) is 0 Å². The molecule has 0 aromatic carbocycles. The maximum atomic E-state index is 12.3. The summed E-state index contributed by atoms with van der Waals surface area (Å²) in [4.78, 5) is 26.1. The second kappa shape index (κ2) is 8.55. The average Bonchev–Trinajstić information content (AvgIpc) is 2.34. The molecule has 0 fully saturated rings. The Hall–Kier alpha value is -0.710. The van der Waals surface area contributed by atoms with E-state index in [1.54, 1.807) is 14.1 Å². The molecule has 20 heavy (non-hydrogen) atoms. The highest BCUT2D eigenvalue weighted by atomic mass is 32.1. The van der Waals surface area contributed by atoms with Crippen LogP contribution in [0.1, 0.15) is 47.0 Å². The lowest BCUT2D eigenvalue weighted by molar-refractivity contribution is -0.138. The van der Waals surface area contributed by atoms with Gasteiger partial charge in [-0.2, -0.15) is 12.6 Å². The molecule has 5 heteroatoms. The third kappa shape index (κ3) is 6.16. The summed E-state index contributed by atoms with van der Waals surface area (Å²) in [5.41, 5.74) is -0.317. The van der Waals surface area contributed by atoms with Gasteiger partial charge in [0.05, 0.1) is 0 Å². The van der Waals surface area contributed by atoms with Gasteiger partial charge in [-0.1, -0.05) is 40.5 Å². The summed E-state index contributed by atoms with van der Waals surface area (Å²) in [6.07, 6.45) is 2.87. The van der Waals surface area contributed by atoms with Crippen LogP contribution < -0.4 is 5.32 Å². The fourth-order valence-electron chi connectivity index (χ4n) is 1.92. The van der Waals surface area contributed by atoms with Crippen molar-refractivity contribution < 1.29 is 9.59 Å². The number of nitrogens with one attached hydrogen (secondary N) is 1. The van der Waals surface area contributed by atoms with E-state index in [1.807, 2.05) is 20.8 Å². The minimum atomic E-state index is -0.506. The molecular formula is C15H30N2O2S. The summed E-state index contributed by atoms with van der Waals surface area (Å²) in [5.74, 6) is 0.250. The van der Waals surface area contributed by atoms with Gasteiger partial charge in [0.25, 0.3) is 0 Å². The van der Waals surface area contributed by atoms with Gasteiger partial charge in [-0.15, -0.1) is 0 Å². The van der Waals surface area contributed by atoms with Gasteiger partial charge in [-0.3, -0.25) is 9.59 Å². The Labute approximate surface area is 129 Å². The topological polar surface area (TPSA) is 49.4 Å². The van der Waals surface area contributed by atoms with Crippen molar-refractivity contribution in [3.63, 3.8) is 0 Å². The van der Waals surface area contributed by atoms with E-state index >= 15 is 0 Å². The van der Waals surface area contributed by atoms with Crippen LogP contribution >= 0.6 is 12.6 Å². The highest BCUT2D eigenvalue weighted by Crippen LogP contribution is 2.22. The number of thiol groups is 1. The van der Waals surface area contributed by atoms with E-state index in [1.165, 1.54) is 4.90 Å². The van der Waals surface area contributed by atoms with Crippen LogP contribution in [0.2, 0.25) is 0 Å². The molecule has 0 aromatic heterocycles. The van der Waals surface area contributed by atoms with Gasteiger partial charge >= 0.3 is 0 Å². The molecule has 0 aliphatic heterocycles. The molecule has 0 aromatic rings. The van der Waals surface area contributed by atoms with Crippen molar-refractivity contribution in [2.45, 2.75) is 53.0 Å². The minimum absolute atomic E-state index is 0.0661. The van der Waals surface area contributed by atoms with Crippen LogP contribution in [-0.4, -0.2) is 42.6 Å². The van der Waals surface area contributed by atoms with Gasteiger partial charge in [0.15, 0.2) is 0 Å². The fraction of sp³-hybridized carbons (Fsp3) is 0.867. The zero-order valence-corrected chi connectivity index (χ0v) is 14.6. The molecular weight excluding hydrogens is 272 g/mol. The van der Waals surface area contributed by atoms with Gasteiger partial charge in [-0.05, 0) is 11.8 Å². The molecule has 0 aliphatic carbocycles. The number of unbranched alkanes of at least 4 members (excludes halogenated alkanes) is 1. The van der Waals surface area contributed by atoms with Gasteiger partial charge in [0, 0.05) is 25.8 Å². The molecule has 0 spiro atoms.